The van der Waals surface area contributed by atoms with Crippen molar-refractivity contribution < 1.29 is 22.0 Å². The van der Waals surface area contributed by atoms with Gasteiger partial charge in [0, 0.05) is 25.1 Å². The first-order valence-electron chi connectivity index (χ1n) is 9.98. The number of hydrogen-bond donors (Lipinski definition) is 2. The van der Waals surface area contributed by atoms with Gasteiger partial charge >= 0.3 is 0 Å². The summed E-state index contributed by atoms with van der Waals surface area (Å²) in [6.07, 6.45) is 0.551. The van der Waals surface area contributed by atoms with Gasteiger partial charge in [-0.1, -0.05) is 24.3 Å². The largest absolute Gasteiger partial charge is 0.326 e. The van der Waals surface area contributed by atoms with Crippen molar-refractivity contribution >= 4 is 43.2 Å². The fourth-order valence-electron chi connectivity index (χ4n) is 3.13. The van der Waals surface area contributed by atoms with E-state index in [1.807, 2.05) is 36.4 Å². The van der Waals surface area contributed by atoms with Crippen LogP contribution in [0.3, 0.4) is 0 Å². The number of nitrogens with one attached hydrogen (secondary N) is 2. The summed E-state index contributed by atoms with van der Waals surface area (Å²) in [5.74, 6) is -2.79. The molecular formula is C23H19F2N3O3S2. The molecule has 4 rings (SSSR count). The summed E-state index contributed by atoms with van der Waals surface area (Å²) in [7, 11) is -4.05. The first-order valence-corrected chi connectivity index (χ1v) is 12.3. The number of carbonyl (C=O) groups is 1. The Kier molecular flexibility index (Phi) is 6.77. The summed E-state index contributed by atoms with van der Waals surface area (Å²) in [6, 6.07) is 17.6. The molecule has 3 aromatic carbocycles. The lowest BCUT2D eigenvalue weighted by molar-refractivity contribution is -0.116. The van der Waals surface area contributed by atoms with Crippen LogP contribution in [0.1, 0.15) is 17.0 Å². The predicted octanol–water partition coefficient (Wildman–Crippen LogP) is 4.47. The van der Waals surface area contributed by atoms with Crippen molar-refractivity contribution in [1.82, 2.24) is 9.71 Å². The van der Waals surface area contributed by atoms with Crippen LogP contribution in [0.5, 0.6) is 0 Å². The summed E-state index contributed by atoms with van der Waals surface area (Å²) in [4.78, 5) is 16.4. The first-order chi connectivity index (χ1) is 15.8. The number of amides is 1. The van der Waals surface area contributed by atoms with E-state index in [1.54, 1.807) is 23.5 Å². The maximum atomic E-state index is 13.3. The van der Waals surface area contributed by atoms with Gasteiger partial charge in [0.15, 0.2) is 11.6 Å². The zero-order valence-electron chi connectivity index (χ0n) is 17.2. The molecule has 0 saturated carbocycles. The number of anilines is 1. The molecule has 33 heavy (non-hydrogen) atoms. The Morgan fingerprint density at radius 1 is 0.970 bits per heavy atom. The highest BCUT2D eigenvalue weighted by Crippen LogP contribution is 2.24. The van der Waals surface area contributed by atoms with Crippen LogP contribution in [-0.2, 0) is 21.2 Å². The maximum Gasteiger partial charge on any atom is 0.240 e. The Bertz CT molecular complexity index is 1370. The fraction of sp³-hybridized carbons (Fsp3) is 0.130. The number of aromatic nitrogens is 1. The van der Waals surface area contributed by atoms with E-state index in [-0.39, 0.29) is 18.9 Å². The quantitative estimate of drug-likeness (QED) is 0.384. The number of rotatable bonds is 8. The van der Waals surface area contributed by atoms with E-state index in [9.17, 15) is 22.0 Å². The van der Waals surface area contributed by atoms with Gasteiger partial charge in [-0.15, -0.1) is 11.3 Å². The van der Waals surface area contributed by atoms with Crippen molar-refractivity contribution in [2.75, 3.05) is 11.9 Å². The molecule has 0 aliphatic rings. The van der Waals surface area contributed by atoms with Crippen molar-refractivity contribution in [2.45, 2.75) is 17.7 Å². The van der Waals surface area contributed by atoms with Gasteiger partial charge in [-0.25, -0.2) is 26.9 Å². The van der Waals surface area contributed by atoms with E-state index < -0.39 is 26.6 Å². The van der Waals surface area contributed by atoms with Crippen LogP contribution < -0.4 is 10.0 Å². The van der Waals surface area contributed by atoms with Crippen LogP contribution in [0.15, 0.2) is 71.6 Å². The molecular weight excluding hydrogens is 468 g/mol. The smallest absolute Gasteiger partial charge is 0.240 e. The summed E-state index contributed by atoms with van der Waals surface area (Å²) in [6.45, 7) is -0.192. The van der Waals surface area contributed by atoms with Crippen LogP contribution in [0.4, 0.5) is 14.5 Å². The van der Waals surface area contributed by atoms with Gasteiger partial charge in [0.25, 0.3) is 0 Å². The summed E-state index contributed by atoms with van der Waals surface area (Å²) >= 11 is 1.64. The summed E-state index contributed by atoms with van der Waals surface area (Å²) < 4.78 is 53.9. The number of hydrogen-bond acceptors (Lipinski definition) is 5. The minimum Gasteiger partial charge on any atom is -0.326 e. The van der Waals surface area contributed by atoms with Gasteiger partial charge in [-0.3, -0.25) is 4.79 Å². The third-order valence-corrected chi connectivity index (χ3v) is 7.27. The SMILES string of the molecule is O=C(CCNS(=O)(=O)c1ccc(F)c(F)c1)Nc1ccc(Cc2nc3ccccc3s2)cc1. The third kappa shape index (κ3) is 5.78. The predicted molar refractivity (Wildman–Crippen MR) is 124 cm³/mol. The number of sulfonamides is 1. The van der Waals surface area contributed by atoms with Gasteiger partial charge in [0.05, 0.1) is 20.1 Å². The average molecular weight is 488 g/mol. The standard InChI is InChI=1S/C23H19F2N3O3S2/c24-18-10-9-17(14-19(18)25)33(30,31)26-12-11-22(29)27-16-7-5-15(6-8-16)13-23-28-20-3-1-2-4-21(20)32-23/h1-10,14,26H,11-13H2,(H,27,29). The molecule has 1 heterocycles. The normalized spacial score (nSPS) is 11.6. The molecule has 4 aromatic rings. The Morgan fingerprint density at radius 2 is 1.73 bits per heavy atom. The van der Waals surface area contributed by atoms with Crippen molar-refractivity contribution in [1.29, 1.82) is 0 Å². The molecule has 10 heteroatoms. The summed E-state index contributed by atoms with van der Waals surface area (Å²) in [5, 5.41) is 3.70. The zero-order chi connectivity index (χ0) is 23.4. The van der Waals surface area contributed by atoms with Crippen LogP contribution in [0, 0.1) is 11.6 Å². The van der Waals surface area contributed by atoms with Crippen LogP contribution >= 0.6 is 11.3 Å². The Balaban J connectivity index is 1.28. The van der Waals surface area contributed by atoms with Gasteiger partial charge < -0.3 is 5.32 Å². The van der Waals surface area contributed by atoms with Gasteiger partial charge in [0.1, 0.15) is 0 Å². The molecule has 0 saturated heterocycles. The summed E-state index contributed by atoms with van der Waals surface area (Å²) in [5.41, 5.74) is 2.60. The van der Waals surface area contributed by atoms with E-state index >= 15 is 0 Å². The van der Waals surface area contributed by atoms with Crippen molar-refractivity contribution in [2.24, 2.45) is 0 Å². The molecule has 1 amide bonds. The van der Waals surface area contributed by atoms with Gasteiger partial charge in [-0.2, -0.15) is 0 Å². The molecule has 0 unspecified atom stereocenters. The first kappa shape index (κ1) is 23.0. The highest BCUT2D eigenvalue weighted by atomic mass is 32.2. The highest BCUT2D eigenvalue weighted by molar-refractivity contribution is 7.89. The lowest BCUT2D eigenvalue weighted by Crippen LogP contribution is -2.28. The van der Waals surface area contributed by atoms with E-state index in [1.165, 1.54) is 0 Å². The average Bonchev–Trinajstić information content (AvgIpc) is 3.19. The minimum absolute atomic E-state index is 0.129. The van der Waals surface area contributed by atoms with Crippen LogP contribution in [0.2, 0.25) is 0 Å². The fourth-order valence-corrected chi connectivity index (χ4v) is 5.17. The van der Waals surface area contributed by atoms with Crippen molar-refractivity contribution in [3.8, 4) is 0 Å². The molecule has 1 aromatic heterocycles. The molecule has 0 spiro atoms. The molecule has 0 bridgehead atoms. The highest BCUT2D eigenvalue weighted by Gasteiger charge is 2.16. The zero-order valence-corrected chi connectivity index (χ0v) is 18.8. The number of para-hydroxylation sites is 1. The molecule has 0 aliphatic carbocycles. The Labute approximate surface area is 193 Å². The monoisotopic (exact) mass is 487 g/mol. The third-order valence-electron chi connectivity index (χ3n) is 4.78. The molecule has 0 atom stereocenters. The van der Waals surface area contributed by atoms with Crippen LogP contribution in [0.25, 0.3) is 10.2 Å². The maximum absolute atomic E-state index is 13.3. The molecule has 2 N–H and O–H groups in total. The van der Waals surface area contributed by atoms with Crippen molar-refractivity contribution in [3.05, 3.63) is 88.9 Å². The van der Waals surface area contributed by atoms with E-state index in [0.717, 1.165) is 32.9 Å². The van der Waals surface area contributed by atoms with E-state index in [2.05, 4.69) is 15.0 Å². The number of halogens is 2. The number of carbonyl (C=O) groups excluding carboxylic acids is 1. The lowest BCUT2D eigenvalue weighted by atomic mass is 10.1. The second-order valence-electron chi connectivity index (χ2n) is 7.22. The number of benzene rings is 3. The number of nitrogens with zero attached hydrogens (tertiary/aromatic N) is 1. The van der Waals surface area contributed by atoms with E-state index in [0.29, 0.717) is 18.2 Å². The lowest BCUT2D eigenvalue weighted by Gasteiger charge is -2.08. The number of thiazole rings is 1. The minimum atomic E-state index is -4.05. The van der Waals surface area contributed by atoms with Gasteiger partial charge in [-0.05, 0) is 48.0 Å². The molecule has 0 fully saturated rings. The Morgan fingerprint density at radius 3 is 2.45 bits per heavy atom. The number of fused-ring (bicyclic) bond motifs is 1. The molecule has 0 aliphatic heterocycles. The van der Waals surface area contributed by atoms with Gasteiger partial charge in [0.2, 0.25) is 15.9 Å². The Hall–Kier alpha value is -3.21. The molecule has 170 valence electrons. The van der Waals surface area contributed by atoms with Crippen molar-refractivity contribution in [3.63, 3.8) is 0 Å². The second-order valence-corrected chi connectivity index (χ2v) is 10.1. The van der Waals surface area contributed by atoms with E-state index in [4.69, 9.17) is 0 Å². The second kappa shape index (κ2) is 9.74. The molecule has 0 radical (unpaired) electrons. The van der Waals surface area contributed by atoms with Crippen LogP contribution in [-0.4, -0.2) is 25.9 Å². The molecule has 6 nitrogen and oxygen atoms in total. The topological polar surface area (TPSA) is 88.2 Å².